The minimum absolute atomic E-state index is 0.00878. The number of Topliss-reactive ketones (excluding diaryl/α,β-unsaturated/α-hetero) is 1. The fourth-order valence-electron chi connectivity index (χ4n) is 1.89. The molecule has 1 aromatic rings. The molecule has 0 bridgehead atoms. The van der Waals surface area contributed by atoms with E-state index in [0.717, 1.165) is 0 Å². The van der Waals surface area contributed by atoms with Gasteiger partial charge in [0, 0.05) is 12.1 Å². The molecular formula is C15H20N2O4. The Morgan fingerprint density at radius 3 is 2.48 bits per heavy atom. The number of para-hydroxylation sites is 1. The van der Waals surface area contributed by atoms with Gasteiger partial charge in [-0.25, -0.2) is 0 Å². The van der Waals surface area contributed by atoms with Crippen molar-refractivity contribution < 1.29 is 19.5 Å². The van der Waals surface area contributed by atoms with E-state index in [0.29, 0.717) is 24.3 Å². The zero-order chi connectivity index (χ0) is 15.8. The molecule has 0 aliphatic rings. The summed E-state index contributed by atoms with van der Waals surface area (Å²) in [7, 11) is 0. The van der Waals surface area contributed by atoms with Crippen LogP contribution in [0.15, 0.2) is 24.3 Å². The second-order valence-electron chi connectivity index (χ2n) is 4.66. The summed E-state index contributed by atoms with van der Waals surface area (Å²) < 4.78 is 0. The topological polar surface area (TPSA) is 86.7 Å². The van der Waals surface area contributed by atoms with Crippen LogP contribution in [0.25, 0.3) is 0 Å². The van der Waals surface area contributed by atoms with Gasteiger partial charge >= 0.3 is 5.97 Å². The summed E-state index contributed by atoms with van der Waals surface area (Å²) in [5.41, 5.74) is 0.934. The van der Waals surface area contributed by atoms with E-state index >= 15 is 0 Å². The number of hydrogen-bond donors (Lipinski definition) is 2. The molecule has 0 radical (unpaired) electrons. The number of anilines is 1. The molecule has 1 amide bonds. The van der Waals surface area contributed by atoms with E-state index in [9.17, 15) is 14.4 Å². The lowest BCUT2D eigenvalue weighted by molar-refractivity contribution is -0.137. The Kier molecular flexibility index (Phi) is 6.55. The molecule has 0 heterocycles. The lowest BCUT2D eigenvalue weighted by atomic mass is 10.1. The van der Waals surface area contributed by atoms with Crippen molar-refractivity contribution in [3.05, 3.63) is 29.8 Å². The minimum Gasteiger partial charge on any atom is -0.481 e. The van der Waals surface area contributed by atoms with Crippen LogP contribution < -0.4 is 5.32 Å². The van der Waals surface area contributed by atoms with Crippen LogP contribution in [0.5, 0.6) is 0 Å². The fraction of sp³-hybridized carbons (Fsp3) is 0.400. The number of benzene rings is 1. The third-order valence-electron chi connectivity index (χ3n) is 3.04. The fourth-order valence-corrected chi connectivity index (χ4v) is 1.89. The number of hydrogen-bond acceptors (Lipinski definition) is 4. The van der Waals surface area contributed by atoms with Crippen molar-refractivity contribution in [2.45, 2.75) is 20.3 Å². The summed E-state index contributed by atoms with van der Waals surface area (Å²) in [4.78, 5) is 35.8. The van der Waals surface area contributed by atoms with Crippen LogP contribution in [-0.2, 0) is 9.59 Å². The highest BCUT2D eigenvalue weighted by Crippen LogP contribution is 2.15. The van der Waals surface area contributed by atoms with Gasteiger partial charge in [-0.1, -0.05) is 19.1 Å². The third-order valence-corrected chi connectivity index (χ3v) is 3.04. The van der Waals surface area contributed by atoms with Crippen molar-refractivity contribution in [1.82, 2.24) is 4.90 Å². The molecule has 6 heteroatoms. The average Bonchev–Trinajstić information content (AvgIpc) is 2.43. The Labute approximate surface area is 123 Å². The highest BCUT2D eigenvalue weighted by Gasteiger charge is 2.13. The lowest BCUT2D eigenvalue weighted by Crippen LogP contribution is -2.34. The molecule has 6 nitrogen and oxygen atoms in total. The number of likely N-dealkylation sites (N-methyl/N-ethyl adjacent to an activating group) is 1. The lowest BCUT2D eigenvalue weighted by Gasteiger charge is -2.19. The largest absolute Gasteiger partial charge is 0.481 e. The number of carboxylic acid groups (broad SMARTS) is 1. The monoisotopic (exact) mass is 292 g/mol. The van der Waals surface area contributed by atoms with Gasteiger partial charge in [0.05, 0.1) is 18.7 Å². The molecule has 2 N–H and O–H groups in total. The number of rotatable bonds is 8. The Balaban J connectivity index is 2.64. The maximum absolute atomic E-state index is 12.0. The summed E-state index contributed by atoms with van der Waals surface area (Å²) in [6, 6.07) is 6.80. The second kappa shape index (κ2) is 8.16. The maximum Gasteiger partial charge on any atom is 0.304 e. The molecule has 0 saturated carbocycles. The molecule has 0 atom stereocenters. The average molecular weight is 292 g/mol. The molecule has 0 aliphatic heterocycles. The maximum atomic E-state index is 12.0. The number of amides is 1. The molecule has 0 spiro atoms. The van der Waals surface area contributed by atoms with Crippen LogP contribution in [0.3, 0.4) is 0 Å². The normalized spacial score (nSPS) is 10.4. The van der Waals surface area contributed by atoms with E-state index in [4.69, 9.17) is 5.11 Å². The summed E-state index contributed by atoms with van der Waals surface area (Å²) in [5, 5.41) is 11.4. The number of aliphatic carboxylic acids is 1. The molecule has 0 unspecified atom stereocenters. The SMILES string of the molecule is CCN(CCC(=O)O)CC(=O)Nc1ccccc1C(C)=O. The zero-order valence-corrected chi connectivity index (χ0v) is 12.3. The second-order valence-corrected chi connectivity index (χ2v) is 4.66. The van der Waals surface area contributed by atoms with Gasteiger partial charge in [-0.05, 0) is 25.6 Å². The molecule has 0 saturated heterocycles. The Hall–Kier alpha value is -2.21. The number of nitrogens with one attached hydrogen (secondary N) is 1. The van der Waals surface area contributed by atoms with Gasteiger partial charge in [0.25, 0.3) is 0 Å². The van der Waals surface area contributed by atoms with Gasteiger partial charge in [-0.3, -0.25) is 19.3 Å². The van der Waals surface area contributed by atoms with Crippen molar-refractivity contribution in [2.75, 3.05) is 25.0 Å². The van der Waals surface area contributed by atoms with Crippen LogP contribution >= 0.6 is 0 Å². The molecule has 0 aromatic heterocycles. The third kappa shape index (κ3) is 5.74. The first-order chi connectivity index (χ1) is 9.93. The van der Waals surface area contributed by atoms with E-state index < -0.39 is 5.97 Å². The van der Waals surface area contributed by atoms with Crippen LogP contribution in [0.1, 0.15) is 30.6 Å². The van der Waals surface area contributed by atoms with Gasteiger partial charge in [0.15, 0.2) is 5.78 Å². The number of ketones is 1. The van der Waals surface area contributed by atoms with Crippen LogP contribution in [-0.4, -0.2) is 47.3 Å². The number of carboxylic acids is 1. The Morgan fingerprint density at radius 2 is 1.90 bits per heavy atom. The van der Waals surface area contributed by atoms with Crippen molar-refractivity contribution in [1.29, 1.82) is 0 Å². The summed E-state index contributed by atoms with van der Waals surface area (Å²) in [6.45, 7) is 4.29. The zero-order valence-electron chi connectivity index (χ0n) is 12.3. The van der Waals surface area contributed by atoms with Crippen molar-refractivity contribution in [2.24, 2.45) is 0 Å². The van der Waals surface area contributed by atoms with Crippen molar-refractivity contribution in [3.8, 4) is 0 Å². The van der Waals surface area contributed by atoms with Crippen molar-refractivity contribution >= 4 is 23.3 Å². The molecule has 0 fully saturated rings. The molecule has 0 aliphatic carbocycles. The number of carbonyl (C=O) groups excluding carboxylic acids is 2. The Morgan fingerprint density at radius 1 is 1.24 bits per heavy atom. The first-order valence-electron chi connectivity index (χ1n) is 6.78. The molecule has 21 heavy (non-hydrogen) atoms. The van der Waals surface area contributed by atoms with Gasteiger partial charge < -0.3 is 10.4 Å². The molecule has 1 aromatic carbocycles. The highest BCUT2D eigenvalue weighted by molar-refractivity contribution is 6.04. The van der Waals surface area contributed by atoms with Crippen LogP contribution in [0.2, 0.25) is 0 Å². The van der Waals surface area contributed by atoms with Gasteiger partial charge in [-0.2, -0.15) is 0 Å². The van der Waals surface area contributed by atoms with E-state index in [-0.39, 0.29) is 24.7 Å². The number of carbonyl (C=O) groups is 3. The predicted molar refractivity (Wildman–Crippen MR) is 79.4 cm³/mol. The molecule has 114 valence electrons. The summed E-state index contributed by atoms with van der Waals surface area (Å²) in [6.07, 6.45) is -0.00878. The van der Waals surface area contributed by atoms with E-state index in [1.165, 1.54) is 6.92 Å². The van der Waals surface area contributed by atoms with E-state index in [1.54, 1.807) is 29.2 Å². The van der Waals surface area contributed by atoms with E-state index in [2.05, 4.69) is 5.32 Å². The molecule has 1 rings (SSSR count). The predicted octanol–water partition coefficient (Wildman–Crippen LogP) is 1.62. The molecular weight excluding hydrogens is 272 g/mol. The van der Waals surface area contributed by atoms with Crippen molar-refractivity contribution in [3.63, 3.8) is 0 Å². The van der Waals surface area contributed by atoms with Gasteiger partial charge in [-0.15, -0.1) is 0 Å². The first kappa shape index (κ1) is 16.8. The quantitative estimate of drug-likeness (QED) is 0.711. The summed E-state index contributed by atoms with van der Waals surface area (Å²) in [5.74, 6) is -1.28. The first-order valence-corrected chi connectivity index (χ1v) is 6.78. The van der Waals surface area contributed by atoms with Gasteiger partial charge in [0.1, 0.15) is 0 Å². The summed E-state index contributed by atoms with van der Waals surface area (Å²) >= 11 is 0. The van der Waals surface area contributed by atoms with Crippen LogP contribution in [0, 0.1) is 0 Å². The van der Waals surface area contributed by atoms with Crippen LogP contribution in [0.4, 0.5) is 5.69 Å². The van der Waals surface area contributed by atoms with E-state index in [1.807, 2.05) is 6.92 Å². The van der Waals surface area contributed by atoms with Gasteiger partial charge in [0.2, 0.25) is 5.91 Å². The Bertz CT molecular complexity index is 528. The standard InChI is InChI=1S/C15H20N2O4/c1-3-17(9-8-15(20)21)10-14(19)16-13-7-5-4-6-12(13)11(2)18/h4-7H,3,8-10H2,1-2H3,(H,16,19)(H,20,21). The smallest absolute Gasteiger partial charge is 0.304 e. The highest BCUT2D eigenvalue weighted by atomic mass is 16.4. The minimum atomic E-state index is -0.893. The number of nitrogens with zero attached hydrogens (tertiary/aromatic N) is 1.